The van der Waals surface area contributed by atoms with Crippen molar-refractivity contribution in [1.29, 1.82) is 0 Å². The van der Waals surface area contributed by atoms with Crippen LogP contribution in [-0.2, 0) is 6.54 Å². The van der Waals surface area contributed by atoms with Crippen LogP contribution in [0.25, 0.3) is 0 Å². The predicted octanol–water partition coefficient (Wildman–Crippen LogP) is 1.60. The Bertz CT molecular complexity index is 383. The van der Waals surface area contributed by atoms with E-state index in [0.29, 0.717) is 24.0 Å². The standard InChI is InChI=1S/C14H24N2O3/c1-10(2)11(6-8-17)16-9-12-14(19-4)13(18-3)5-7-15-12/h5,7,10-11,16-17H,6,8-9H2,1-4H3. The van der Waals surface area contributed by atoms with Gasteiger partial charge in [-0.15, -0.1) is 0 Å². The van der Waals surface area contributed by atoms with Gasteiger partial charge in [-0.1, -0.05) is 13.8 Å². The van der Waals surface area contributed by atoms with Gasteiger partial charge in [0.05, 0.1) is 19.9 Å². The van der Waals surface area contributed by atoms with Crippen LogP contribution in [0.5, 0.6) is 11.5 Å². The molecule has 0 saturated carbocycles. The molecule has 1 unspecified atom stereocenters. The minimum atomic E-state index is 0.179. The first-order chi connectivity index (χ1) is 9.13. The number of aromatic nitrogens is 1. The number of pyridine rings is 1. The molecule has 1 heterocycles. The van der Waals surface area contributed by atoms with Crippen molar-refractivity contribution in [3.8, 4) is 11.5 Å². The Balaban J connectivity index is 2.76. The molecule has 2 N–H and O–H groups in total. The Hall–Kier alpha value is -1.33. The van der Waals surface area contributed by atoms with Crippen LogP contribution in [0.15, 0.2) is 12.3 Å². The number of aliphatic hydroxyl groups is 1. The van der Waals surface area contributed by atoms with E-state index >= 15 is 0 Å². The Morgan fingerprint density at radius 2 is 2.05 bits per heavy atom. The van der Waals surface area contributed by atoms with Crippen LogP contribution in [0.2, 0.25) is 0 Å². The number of hydrogen-bond acceptors (Lipinski definition) is 5. The summed E-state index contributed by atoms with van der Waals surface area (Å²) >= 11 is 0. The molecule has 0 saturated heterocycles. The predicted molar refractivity (Wildman–Crippen MR) is 74.5 cm³/mol. The van der Waals surface area contributed by atoms with Gasteiger partial charge >= 0.3 is 0 Å². The zero-order valence-corrected chi connectivity index (χ0v) is 12.1. The van der Waals surface area contributed by atoms with Gasteiger partial charge in [-0.25, -0.2) is 0 Å². The molecule has 0 aliphatic carbocycles. The fourth-order valence-electron chi connectivity index (χ4n) is 2.01. The number of aliphatic hydroxyl groups excluding tert-OH is 1. The fourth-order valence-corrected chi connectivity index (χ4v) is 2.01. The average Bonchev–Trinajstić information content (AvgIpc) is 2.42. The zero-order chi connectivity index (χ0) is 14.3. The van der Waals surface area contributed by atoms with Crippen LogP contribution in [0, 0.1) is 5.92 Å². The number of nitrogens with one attached hydrogen (secondary N) is 1. The van der Waals surface area contributed by atoms with Gasteiger partial charge in [0, 0.05) is 31.5 Å². The first-order valence-electron chi connectivity index (χ1n) is 6.54. The van der Waals surface area contributed by atoms with Crippen LogP contribution in [0.4, 0.5) is 0 Å². The molecule has 108 valence electrons. The van der Waals surface area contributed by atoms with Crippen molar-refractivity contribution in [2.75, 3.05) is 20.8 Å². The van der Waals surface area contributed by atoms with Gasteiger partial charge in [0.25, 0.3) is 0 Å². The number of rotatable bonds is 8. The molecular weight excluding hydrogens is 244 g/mol. The van der Waals surface area contributed by atoms with Crippen LogP contribution in [0.1, 0.15) is 26.0 Å². The lowest BCUT2D eigenvalue weighted by Gasteiger charge is -2.22. The Kier molecular flexibility index (Phi) is 6.59. The summed E-state index contributed by atoms with van der Waals surface area (Å²) in [6, 6.07) is 2.03. The highest BCUT2D eigenvalue weighted by Gasteiger charge is 2.15. The van der Waals surface area contributed by atoms with Gasteiger partial charge in [0.15, 0.2) is 11.5 Å². The van der Waals surface area contributed by atoms with Crippen molar-refractivity contribution in [3.63, 3.8) is 0 Å². The highest BCUT2D eigenvalue weighted by Crippen LogP contribution is 2.28. The molecule has 1 atom stereocenters. The van der Waals surface area contributed by atoms with Crippen molar-refractivity contribution in [1.82, 2.24) is 10.3 Å². The van der Waals surface area contributed by atoms with E-state index in [1.54, 1.807) is 26.5 Å². The summed E-state index contributed by atoms with van der Waals surface area (Å²) in [5.74, 6) is 1.78. The lowest BCUT2D eigenvalue weighted by molar-refractivity contribution is 0.243. The fraction of sp³-hybridized carbons (Fsp3) is 0.643. The maximum Gasteiger partial charge on any atom is 0.183 e. The molecule has 0 aliphatic heterocycles. The minimum Gasteiger partial charge on any atom is -0.493 e. The molecule has 1 aromatic heterocycles. The maximum absolute atomic E-state index is 9.07. The first kappa shape index (κ1) is 15.7. The summed E-state index contributed by atoms with van der Waals surface area (Å²) in [6.07, 6.45) is 2.43. The van der Waals surface area contributed by atoms with Crippen LogP contribution in [-0.4, -0.2) is 37.0 Å². The largest absolute Gasteiger partial charge is 0.493 e. The molecular formula is C14H24N2O3. The molecule has 0 aliphatic rings. The monoisotopic (exact) mass is 268 g/mol. The van der Waals surface area contributed by atoms with E-state index in [4.69, 9.17) is 14.6 Å². The van der Waals surface area contributed by atoms with E-state index in [0.717, 1.165) is 12.1 Å². The maximum atomic E-state index is 9.07. The minimum absolute atomic E-state index is 0.179. The number of methoxy groups -OCH3 is 2. The molecule has 5 heteroatoms. The van der Waals surface area contributed by atoms with Crippen molar-refractivity contribution in [3.05, 3.63) is 18.0 Å². The molecule has 0 radical (unpaired) electrons. The third-order valence-electron chi connectivity index (χ3n) is 3.14. The lowest BCUT2D eigenvalue weighted by Crippen LogP contribution is -2.34. The summed E-state index contributed by atoms with van der Waals surface area (Å²) in [6.45, 7) is 5.02. The van der Waals surface area contributed by atoms with Gasteiger partial charge in [0.2, 0.25) is 0 Å². The van der Waals surface area contributed by atoms with Gasteiger partial charge in [0.1, 0.15) is 0 Å². The third-order valence-corrected chi connectivity index (χ3v) is 3.14. The number of ether oxygens (including phenoxy) is 2. The highest BCUT2D eigenvalue weighted by molar-refractivity contribution is 5.42. The van der Waals surface area contributed by atoms with E-state index in [9.17, 15) is 0 Å². The van der Waals surface area contributed by atoms with Crippen molar-refractivity contribution in [2.24, 2.45) is 5.92 Å². The van der Waals surface area contributed by atoms with Gasteiger partial charge in [-0.3, -0.25) is 4.98 Å². The lowest BCUT2D eigenvalue weighted by atomic mass is 10.0. The summed E-state index contributed by atoms with van der Waals surface area (Å²) in [7, 11) is 3.22. The van der Waals surface area contributed by atoms with Crippen molar-refractivity contribution >= 4 is 0 Å². The van der Waals surface area contributed by atoms with Crippen LogP contribution < -0.4 is 14.8 Å². The van der Waals surface area contributed by atoms with E-state index < -0.39 is 0 Å². The van der Waals surface area contributed by atoms with Crippen molar-refractivity contribution < 1.29 is 14.6 Å². The molecule has 1 rings (SSSR count). The smallest absolute Gasteiger partial charge is 0.183 e. The van der Waals surface area contributed by atoms with Gasteiger partial charge in [-0.2, -0.15) is 0 Å². The zero-order valence-electron chi connectivity index (χ0n) is 12.1. The number of nitrogens with zero attached hydrogens (tertiary/aromatic N) is 1. The van der Waals surface area contributed by atoms with Gasteiger partial charge in [-0.05, 0) is 12.3 Å². The van der Waals surface area contributed by atoms with Gasteiger partial charge < -0.3 is 19.9 Å². The first-order valence-corrected chi connectivity index (χ1v) is 6.54. The second kappa shape index (κ2) is 7.96. The second-order valence-electron chi connectivity index (χ2n) is 4.74. The molecule has 19 heavy (non-hydrogen) atoms. The second-order valence-corrected chi connectivity index (χ2v) is 4.74. The quantitative estimate of drug-likeness (QED) is 0.749. The summed E-state index contributed by atoms with van der Waals surface area (Å²) in [5.41, 5.74) is 0.811. The molecule has 0 aromatic carbocycles. The molecule has 0 fully saturated rings. The van der Waals surface area contributed by atoms with E-state index in [-0.39, 0.29) is 12.6 Å². The Morgan fingerprint density at radius 1 is 1.32 bits per heavy atom. The Labute approximate surface area is 115 Å². The SMILES string of the molecule is COc1ccnc(CNC(CCO)C(C)C)c1OC. The van der Waals surface area contributed by atoms with E-state index in [1.807, 2.05) is 0 Å². The molecule has 1 aromatic rings. The topological polar surface area (TPSA) is 63.6 Å². The molecule has 0 spiro atoms. The Morgan fingerprint density at radius 3 is 2.58 bits per heavy atom. The average molecular weight is 268 g/mol. The normalized spacial score (nSPS) is 12.5. The molecule has 0 bridgehead atoms. The molecule has 0 amide bonds. The summed E-state index contributed by atoms with van der Waals surface area (Å²) in [4.78, 5) is 4.32. The summed E-state index contributed by atoms with van der Waals surface area (Å²) < 4.78 is 10.6. The van der Waals surface area contributed by atoms with Crippen LogP contribution >= 0.6 is 0 Å². The number of hydrogen-bond donors (Lipinski definition) is 2. The highest BCUT2D eigenvalue weighted by atomic mass is 16.5. The van der Waals surface area contributed by atoms with E-state index in [2.05, 4.69) is 24.1 Å². The summed E-state index contributed by atoms with van der Waals surface area (Å²) in [5, 5.41) is 12.5. The van der Waals surface area contributed by atoms with E-state index in [1.165, 1.54) is 0 Å². The van der Waals surface area contributed by atoms with Crippen molar-refractivity contribution in [2.45, 2.75) is 32.9 Å². The van der Waals surface area contributed by atoms with Crippen LogP contribution in [0.3, 0.4) is 0 Å². The third kappa shape index (κ3) is 4.36. The molecule has 5 nitrogen and oxygen atoms in total.